The largest absolute Gasteiger partial charge is 0.481 e. The quantitative estimate of drug-likeness (QED) is 0.302. The van der Waals surface area contributed by atoms with Gasteiger partial charge >= 0.3 is 0 Å². The second-order valence-corrected chi connectivity index (χ2v) is 3.48. The van der Waals surface area contributed by atoms with E-state index in [0.717, 1.165) is 34.6 Å². The highest BCUT2D eigenvalue weighted by atomic mass is 16.4. The lowest BCUT2D eigenvalue weighted by Gasteiger charge is -1.81. The van der Waals surface area contributed by atoms with Gasteiger partial charge in [0.05, 0.1) is 0 Å². The highest BCUT2D eigenvalue weighted by Gasteiger charge is 1.67. The molecule has 0 spiro atoms. The van der Waals surface area contributed by atoms with Gasteiger partial charge in [-0.05, 0) is 0 Å². The van der Waals surface area contributed by atoms with Crippen molar-refractivity contribution in [3.05, 3.63) is 24.8 Å². The van der Waals surface area contributed by atoms with E-state index in [1.807, 2.05) is 0 Å². The molecule has 0 aromatic carbocycles. The second-order valence-electron chi connectivity index (χ2n) is 3.48. The fourth-order valence-corrected chi connectivity index (χ4v) is 0.167. The summed E-state index contributed by atoms with van der Waals surface area (Å²) in [6.45, 7) is 5.42. The van der Waals surface area contributed by atoms with Gasteiger partial charge in [0.25, 0.3) is 29.8 Å². The number of nitrogens with one attached hydrogen (secondary N) is 1. The first-order chi connectivity index (χ1) is 12.1. The Morgan fingerprint density at radius 3 is 0.741 bits per heavy atom. The zero-order chi connectivity index (χ0) is 23.4. The maximum Gasteiger partial charge on any atom is 0.300 e. The second kappa shape index (κ2) is 38.0. The number of rotatable bonds is 2. The number of aliphatic carboxylic acids is 5. The van der Waals surface area contributed by atoms with Gasteiger partial charge in [0.15, 0.2) is 0 Å². The first kappa shape index (κ1) is 38.7. The number of carbonyl (C=O) groups is 5. The minimum Gasteiger partial charge on any atom is -0.481 e. The van der Waals surface area contributed by atoms with E-state index in [0.29, 0.717) is 0 Å². The summed E-state index contributed by atoms with van der Waals surface area (Å²) < 4.78 is 0. The summed E-state index contributed by atoms with van der Waals surface area (Å²) in [5.74, 6) is -4.17. The van der Waals surface area contributed by atoms with Gasteiger partial charge in [-0.3, -0.25) is 24.0 Å². The third-order valence-electron chi connectivity index (χ3n) is 0.385. The zero-order valence-corrected chi connectivity index (χ0v) is 15.7. The molecule has 0 atom stereocenters. The highest BCUT2D eigenvalue weighted by Crippen LogP contribution is 1.55. The van der Waals surface area contributed by atoms with Gasteiger partial charge < -0.3 is 42.3 Å². The van der Waals surface area contributed by atoms with E-state index in [-0.39, 0.29) is 0 Å². The molecule has 13 heteroatoms. The molecule has 0 rings (SSSR count). The molecule has 160 valence electrons. The van der Waals surface area contributed by atoms with Crippen LogP contribution in [0.2, 0.25) is 0 Å². The fraction of sp³-hybridized carbons (Fsp3) is 0.357. The van der Waals surface area contributed by atoms with Gasteiger partial charge in [-0.25, -0.2) is 0 Å². The van der Waals surface area contributed by atoms with Crippen LogP contribution >= 0.6 is 0 Å². The summed E-state index contributed by atoms with van der Waals surface area (Å²) in [6.07, 6.45) is 5.92. The number of hydrogen-bond donors (Lipinski definition) is 8. The fourth-order valence-electron chi connectivity index (χ4n) is 0.167. The minimum absolute atomic E-state index is 0.833. The van der Waals surface area contributed by atoms with Crippen molar-refractivity contribution in [3.8, 4) is 0 Å². The van der Waals surface area contributed by atoms with E-state index < -0.39 is 29.8 Å². The SMILES string of the molecule is CC(=O)O.CC(=O)O.CC(=O)O.CC(=O)O.CC(=O)O.NC=CNC=CN. The lowest BCUT2D eigenvalue weighted by Crippen LogP contribution is -1.95. The molecule has 0 bridgehead atoms. The van der Waals surface area contributed by atoms with Gasteiger partial charge in [-0.15, -0.1) is 0 Å². The van der Waals surface area contributed by atoms with Crippen LogP contribution in [0.4, 0.5) is 0 Å². The van der Waals surface area contributed by atoms with Gasteiger partial charge in [0.2, 0.25) is 0 Å². The molecule has 13 nitrogen and oxygen atoms in total. The van der Waals surface area contributed by atoms with E-state index >= 15 is 0 Å². The lowest BCUT2D eigenvalue weighted by atomic mass is 10.8. The predicted molar refractivity (Wildman–Crippen MR) is 96.3 cm³/mol. The van der Waals surface area contributed by atoms with Gasteiger partial charge in [0.1, 0.15) is 0 Å². The Bertz CT molecular complexity index is 349. The molecule has 0 aromatic rings. The molecule has 0 fully saturated rings. The molecule has 0 heterocycles. The van der Waals surface area contributed by atoms with E-state index in [1.54, 1.807) is 12.4 Å². The molecule has 10 N–H and O–H groups in total. The number of nitrogens with two attached hydrogens (primary N) is 2. The monoisotopic (exact) mass is 399 g/mol. The van der Waals surface area contributed by atoms with E-state index in [2.05, 4.69) is 5.32 Å². The Morgan fingerprint density at radius 2 is 0.667 bits per heavy atom. The molecule has 0 radical (unpaired) electrons. The van der Waals surface area contributed by atoms with Crippen molar-refractivity contribution < 1.29 is 49.5 Å². The van der Waals surface area contributed by atoms with Crippen molar-refractivity contribution >= 4 is 29.8 Å². The Morgan fingerprint density at radius 1 is 0.556 bits per heavy atom. The number of carboxylic acids is 5. The minimum atomic E-state index is -0.833. The van der Waals surface area contributed by atoms with Crippen LogP contribution in [0.5, 0.6) is 0 Å². The average Bonchev–Trinajstić information content (AvgIpc) is 2.35. The molecule has 0 aliphatic rings. The first-order valence-electron chi connectivity index (χ1n) is 6.55. The van der Waals surface area contributed by atoms with E-state index in [1.165, 1.54) is 12.4 Å². The first-order valence-corrected chi connectivity index (χ1v) is 6.55. The summed E-state index contributed by atoms with van der Waals surface area (Å²) in [5, 5.41) is 39.8. The summed E-state index contributed by atoms with van der Waals surface area (Å²) in [5.41, 5.74) is 9.90. The van der Waals surface area contributed by atoms with Crippen molar-refractivity contribution in [2.75, 3.05) is 0 Å². The molecule has 0 saturated carbocycles. The summed E-state index contributed by atoms with van der Waals surface area (Å²) >= 11 is 0. The van der Waals surface area contributed by atoms with Crippen LogP contribution in [0.1, 0.15) is 34.6 Å². The van der Waals surface area contributed by atoms with Crippen LogP contribution in [-0.4, -0.2) is 55.4 Å². The number of carboxylic acid groups (broad SMARTS) is 5. The molecule has 0 aliphatic carbocycles. The topological polar surface area (TPSA) is 251 Å². The molecule has 0 unspecified atom stereocenters. The van der Waals surface area contributed by atoms with Crippen molar-refractivity contribution in [1.82, 2.24) is 5.32 Å². The van der Waals surface area contributed by atoms with Crippen molar-refractivity contribution in [2.24, 2.45) is 11.5 Å². The van der Waals surface area contributed by atoms with Crippen LogP contribution in [0.3, 0.4) is 0 Å². The predicted octanol–water partition coefficient (Wildman–Crippen LogP) is -0.110. The summed E-state index contributed by atoms with van der Waals surface area (Å²) in [4.78, 5) is 45.0. The van der Waals surface area contributed by atoms with Crippen molar-refractivity contribution in [1.29, 1.82) is 0 Å². The van der Waals surface area contributed by atoms with E-state index in [9.17, 15) is 0 Å². The third kappa shape index (κ3) is 172000. The smallest absolute Gasteiger partial charge is 0.300 e. The Balaban J connectivity index is -0.0000000500. The molecule has 0 aromatic heterocycles. The number of hydrogen-bond acceptors (Lipinski definition) is 8. The maximum absolute atomic E-state index is 9.00. The Kier molecular flexibility index (Phi) is 54.5. The normalized spacial score (nSPS) is 7.44. The Labute approximate surface area is 156 Å². The maximum atomic E-state index is 9.00. The molecule has 0 saturated heterocycles. The average molecular weight is 399 g/mol. The highest BCUT2D eigenvalue weighted by molar-refractivity contribution is 5.63. The van der Waals surface area contributed by atoms with Crippen LogP contribution in [0.15, 0.2) is 24.8 Å². The standard InChI is InChI=1S/C4H9N3.5C2H4O2/c5-1-3-7-4-2-6;5*1-2(3)4/h1-4,7H,5-6H2;5*1H3,(H,3,4). The molecular formula is C14H29N3O10. The lowest BCUT2D eigenvalue weighted by molar-refractivity contribution is -0.135. The van der Waals surface area contributed by atoms with Crippen LogP contribution < -0.4 is 16.8 Å². The van der Waals surface area contributed by atoms with Crippen LogP contribution in [0, 0.1) is 0 Å². The van der Waals surface area contributed by atoms with Crippen molar-refractivity contribution in [2.45, 2.75) is 34.6 Å². The van der Waals surface area contributed by atoms with Gasteiger partial charge in [-0.2, -0.15) is 0 Å². The molecular weight excluding hydrogens is 370 g/mol. The molecule has 0 amide bonds. The third-order valence-corrected chi connectivity index (χ3v) is 0.385. The molecule has 0 aliphatic heterocycles. The van der Waals surface area contributed by atoms with Crippen LogP contribution in [-0.2, 0) is 24.0 Å². The summed E-state index contributed by atoms with van der Waals surface area (Å²) in [7, 11) is 0. The van der Waals surface area contributed by atoms with E-state index in [4.69, 9.17) is 61.0 Å². The Hall–Kier alpha value is -3.77. The van der Waals surface area contributed by atoms with Gasteiger partial charge in [-0.1, -0.05) is 0 Å². The summed E-state index contributed by atoms with van der Waals surface area (Å²) in [6, 6.07) is 0. The van der Waals surface area contributed by atoms with Crippen molar-refractivity contribution in [3.63, 3.8) is 0 Å². The zero-order valence-electron chi connectivity index (χ0n) is 15.7. The van der Waals surface area contributed by atoms with Gasteiger partial charge in [0, 0.05) is 59.4 Å². The van der Waals surface area contributed by atoms with Crippen LogP contribution in [0.25, 0.3) is 0 Å². The molecule has 27 heavy (non-hydrogen) atoms.